The minimum Gasteiger partial charge on any atom is -0.444 e. The Morgan fingerprint density at radius 2 is 2.12 bits per heavy atom. The Morgan fingerprint density at radius 3 is 2.76 bits per heavy atom. The molecule has 15 heteroatoms. The van der Waals surface area contributed by atoms with E-state index >= 15 is 0 Å². The van der Waals surface area contributed by atoms with Gasteiger partial charge >= 0.3 is 22.5 Å². The second-order valence-corrected chi connectivity index (χ2v) is 9.67. The minimum atomic E-state index is -4.84. The van der Waals surface area contributed by atoms with Crippen molar-refractivity contribution in [2.45, 2.75) is 57.4 Å². The molecule has 0 unspecified atom stereocenters. The summed E-state index contributed by atoms with van der Waals surface area (Å²) in [4.78, 5) is 25.6. The first-order valence-electron chi connectivity index (χ1n) is 10.1. The third-order valence-electron chi connectivity index (χ3n) is 4.87. The summed E-state index contributed by atoms with van der Waals surface area (Å²) >= 11 is 0. The van der Waals surface area contributed by atoms with E-state index in [-0.39, 0.29) is 24.7 Å². The third-order valence-corrected chi connectivity index (χ3v) is 5.22. The fraction of sp³-hybridized carbons (Fsp3) is 0.611. The van der Waals surface area contributed by atoms with Gasteiger partial charge in [0.1, 0.15) is 23.2 Å². The van der Waals surface area contributed by atoms with Crippen molar-refractivity contribution in [2.75, 3.05) is 13.1 Å². The zero-order chi connectivity index (χ0) is 24.6. The van der Waals surface area contributed by atoms with Crippen LogP contribution in [0.3, 0.4) is 0 Å². The van der Waals surface area contributed by atoms with E-state index in [0.29, 0.717) is 23.6 Å². The van der Waals surface area contributed by atoms with Crippen LogP contribution in [0.5, 0.6) is 0 Å². The number of rotatable bonds is 8. The second-order valence-electron chi connectivity index (χ2n) is 8.67. The van der Waals surface area contributed by atoms with E-state index in [0.717, 1.165) is 0 Å². The van der Waals surface area contributed by atoms with Gasteiger partial charge in [0.05, 0.1) is 12.1 Å². The van der Waals surface area contributed by atoms with Crippen molar-refractivity contribution in [1.29, 1.82) is 0 Å². The van der Waals surface area contributed by atoms with Gasteiger partial charge in [-0.1, -0.05) is 11.7 Å². The predicted molar refractivity (Wildman–Crippen MR) is 110 cm³/mol. The number of ether oxygens (including phenoxy) is 1. The maximum Gasteiger partial charge on any atom is 0.418 e. The van der Waals surface area contributed by atoms with Crippen molar-refractivity contribution in [2.24, 2.45) is 0 Å². The number of aliphatic hydroxyl groups is 1. The maximum absolute atomic E-state index is 12.5. The van der Waals surface area contributed by atoms with Crippen LogP contribution in [-0.4, -0.2) is 70.1 Å². The molecule has 0 radical (unpaired) electrons. The molecule has 3 amide bonds. The lowest BCUT2D eigenvalue weighted by Gasteiger charge is -2.28. The van der Waals surface area contributed by atoms with Crippen LogP contribution in [0.15, 0.2) is 23.0 Å². The molecule has 3 rings (SSSR count). The number of aliphatic hydroxyl groups excluding tert-OH is 1. The molecule has 2 bridgehead atoms. The van der Waals surface area contributed by atoms with Crippen molar-refractivity contribution in [3.63, 3.8) is 0 Å². The average Bonchev–Trinajstić information content (AvgIpc) is 3.24. The quantitative estimate of drug-likeness (QED) is 0.381. The number of fused-ring (bicyclic) bond motifs is 2. The summed E-state index contributed by atoms with van der Waals surface area (Å²) in [6, 6.07) is -0.289. The first-order valence-corrected chi connectivity index (χ1v) is 11.4. The van der Waals surface area contributed by atoms with Crippen molar-refractivity contribution in [1.82, 2.24) is 25.8 Å². The molecule has 1 aromatic heterocycles. The highest BCUT2D eigenvalue weighted by Crippen LogP contribution is 2.38. The highest BCUT2D eigenvalue weighted by molar-refractivity contribution is 7.80. The van der Waals surface area contributed by atoms with Gasteiger partial charge in [-0.15, -0.1) is 4.28 Å². The number of aromatic nitrogens is 1. The standard InChI is InChI=1S/C18H27N5O9S/c1-10(20-16(25)30-18(2,3)4)19-8-14(24)15-7-12(21-31-15)13-6-5-11-9-22(13)17(26)23(11)32-33(27,28)29/h7,11,13-14,19,24H,1,5-6,8-9H2,2-4H3,(H,20,25)(H,27,28,29)/t11-,13-,14-/m0/s1. The summed E-state index contributed by atoms with van der Waals surface area (Å²) in [5.74, 6) is 0.227. The van der Waals surface area contributed by atoms with Crippen molar-refractivity contribution in [3.8, 4) is 0 Å². The lowest BCUT2D eigenvalue weighted by molar-refractivity contribution is -0.0317. The molecule has 14 nitrogen and oxygen atoms in total. The van der Waals surface area contributed by atoms with Crippen LogP contribution in [0.4, 0.5) is 9.59 Å². The zero-order valence-corrected chi connectivity index (χ0v) is 19.2. The number of piperidine rings is 1. The molecule has 2 fully saturated rings. The number of urea groups is 1. The highest BCUT2D eigenvalue weighted by Gasteiger charge is 2.48. The summed E-state index contributed by atoms with van der Waals surface area (Å²) in [6.45, 7) is 8.91. The van der Waals surface area contributed by atoms with Gasteiger partial charge in [-0.05, 0) is 33.6 Å². The smallest absolute Gasteiger partial charge is 0.418 e. The molecule has 184 valence electrons. The number of hydrogen-bond acceptors (Lipinski definition) is 10. The molecule has 2 aliphatic rings. The molecule has 2 aliphatic heterocycles. The number of nitrogens with one attached hydrogen (secondary N) is 2. The van der Waals surface area contributed by atoms with Crippen LogP contribution >= 0.6 is 0 Å². The topological polar surface area (TPSA) is 184 Å². The number of alkyl carbamates (subject to hydrolysis) is 1. The van der Waals surface area contributed by atoms with E-state index in [1.165, 1.54) is 11.0 Å². The Labute approximate surface area is 190 Å². The summed E-state index contributed by atoms with van der Waals surface area (Å²) in [5, 5.41) is 20.1. The normalized spacial score (nSPS) is 21.7. The van der Waals surface area contributed by atoms with Crippen molar-refractivity contribution in [3.05, 3.63) is 29.9 Å². The van der Waals surface area contributed by atoms with Gasteiger partial charge in [0.15, 0.2) is 5.76 Å². The molecular formula is C18H27N5O9S. The molecule has 3 heterocycles. The van der Waals surface area contributed by atoms with E-state index in [1.807, 2.05) is 0 Å². The molecule has 0 saturated carbocycles. The summed E-state index contributed by atoms with van der Waals surface area (Å²) in [7, 11) is -4.84. The zero-order valence-electron chi connectivity index (χ0n) is 18.3. The SMILES string of the molecule is C=C(NC[C@H](O)c1cc([C@@H]2CC[C@H]3CN2C(=O)N3OS(=O)(=O)O)no1)NC(=O)OC(C)(C)C. The van der Waals surface area contributed by atoms with Crippen LogP contribution in [0.1, 0.15) is 57.2 Å². The van der Waals surface area contributed by atoms with Gasteiger partial charge in [0, 0.05) is 19.2 Å². The summed E-state index contributed by atoms with van der Waals surface area (Å²) < 4.78 is 45.6. The Balaban J connectivity index is 1.56. The molecular weight excluding hydrogens is 462 g/mol. The monoisotopic (exact) mass is 489 g/mol. The van der Waals surface area contributed by atoms with E-state index in [2.05, 4.69) is 26.7 Å². The van der Waals surface area contributed by atoms with Gasteiger partial charge in [-0.2, -0.15) is 13.5 Å². The van der Waals surface area contributed by atoms with Gasteiger partial charge in [-0.3, -0.25) is 9.87 Å². The van der Waals surface area contributed by atoms with Crippen LogP contribution in [0.2, 0.25) is 0 Å². The molecule has 0 aliphatic carbocycles. The Bertz CT molecular complexity index is 1020. The van der Waals surface area contributed by atoms with E-state index in [9.17, 15) is 23.1 Å². The number of carbonyl (C=O) groups excluding carboxylic acids is 2. The van der Waals surface area contributed by atoms with Crippen LogP contribution in [0.25, 0.3) is 0 Å². The molecule has 2 saturated heterocycles. The third kappa shape index (κ3) is 6.34. The van der Waals surface area contributed by atoms with Gasteiger partial charge in [-0.25, -0.2) is 9.59 Å². The lowest BCUT2D eigenvalue weighted by atomic mass is 9.98. The first-order chi connectivity index (χ1) is 15.2. The molecule has 4 N–H and O–H groups in total. The number of hydrogen-bond donors (Lipinski definition) is 4. The van der Waals surface area contributed by atoms with Crippen molar-refractivity contribution < 1.29 is 41.2 Å². The predicted octanol–water partition coefficient (Wildman–Crippen LogP) is 0.969. The molecule has 1 aromatic rings. The summed E-state index contributed by atoms with van der Waals surface area (Å²) in [5.41, 5.74) is -0.305. The number of amides is 3. The van der Waals surface area contributed by atoms with E-state index in [4.69, 9.17) is 13.8 Å². The number of carbonyl (C=O) groups is 2. The lowest BCUT2D eigenvalue weighted by Crippen LogP contribution is -2.37. The molecule has 0 spiro atoms. The van der Waals surface area contributed by atoms with E-state index in [1.54, 1.807) is 20.8 Å². The van der Waals surface area contributed by atoms with Crippen LogP contribution < -0.4 is 10.6 Å². The maximum atomic E-state index is 12.5. The first kappa shape index (κ1) is 24.8. The average molecular weight is 490 g/mol. The Hall–Kier alpha value is -2.88. The fourth-order valence-electron chi connectivity index (χ4n) is 3.55. The molecule has 33 heavy (non-hydrogen) atoms. The largest absolute Gasteiger partial charge is 0.444 e. The number of hydroxylamine groups is 2. The minimum absolute atomic E-state index is 0.0609. The molecule has 0 aromatic carbocycles. The summed E-state index contributed by atoms with van der Waals surface area (Å²) in [6.07, 6.45) is -0.994. The van der Waals surface area contributed by atoms with Gasteiger partial charge < -0.3 is 24.6 Å². The van der Waals surface area contributed by atoms with Crippen LogP contribution in [-0.2, 0) is 19.4 Å². The van der Waals surface area contributed by atoms with Crippen LogP contribution in [0, 0.1) is 0 Å². The Kier molecular flexibility index (Phi) is 6.88. The van der Waals surface area contributed by atoms with Crippen molar-refractivity contribution >= 4 is 22.5 Å². The Morgan fingerprint density at radius 1 is 1.42 bits per heavy atom. The second kappa shape index (κ2) is 9.17. The number of nitrogens with zero attached hydrogens (tertiary/aromatic N) is 3. The van der Waals surface area contributed by atoms with Gasteiger partial charge in [0.2, 0.25) is 0 Å². The molecule has 3 atom stereocenters. The van der Waals surface area contributed by atoms with Gasteiger partial charge in [0.25, 0.3) is 0 Å². The fourth-order valence-corrected chi connectivity index (χ4v) is 3.94. The highest BCUT2D eigenvalue weighted by atomic mass is 32.3. The van der Waals surface area contributed by atoms with E-state index < -0.39 is 46.3 Å².